The molecule has 0 bridgehead atoms. The van der Waals surface area contributed by atoms with Crippen molar-refractivity contribution in [2.45, 2.75) is 26.2 Å². The number of fused-ring (bicyclic) bond motifs is 1. The molecule has 0 aliphatic heterocycles. The SMILES string of the molecule is CNC(=O)Nc1ccc(-c2nn3nc(C(C)(C)C)c(Cl)c3[nH]2)c(OC)c1. The highest BCUT2D eigenvalue weighted by atomic mass is 35.5. The number of carbonyl (C=O) groups is 1. The lowest BCUT2D eigenvalue weighted by molar-refractivity contribution is 0.254. The molecule has 0 saturated heterocycles. The van der Waals surface area contributed by atoms with Gasteiger partial charge in [0.1, 0.15) is 10.8 Å². The molecule has 3 rings (SSSR count). The van der Waals surface area contributed by atoms with Gasteiger partial charge in [0.05, 0.1) is 18.4 Å². The van der Waals surface area contributed by atoms with Gasteiger partial charge in [-0.2, -0.15) is 5.10 Å². The van der Waals surface area contributed by atoms with E-state index < -0.39 is 0 Å². The van der Waals surface area contributed by atoms with Gasteiger partial charge in [-0.3, -0.25) is 0 Å². The molecule has 3 N–H and O–H groups in total. The van der Waals surface area contributed by atoms with E-state index in [0.717, 1.165) is 11.3 Å². The predicted octanol–water partition coefficient (Wildman–Crippen LogP) is 3.44. The molecule has 8 nitrogen and oxygen atoms in total. The van der Waals surface area contributed by atoms with Crippen LogP contribution < -0.4 is 15.4 Å². The minimum Gasteiger partial charge on any atom is -0.496 e. The molecule has 0 fully saturated rings. The number of aromatic nitrogens is 4. The van der Waals surface area contributed by atoms with Crippen LogP contribution in [0.2, 0.25) is 5.02 Å². The fourth-order valence-electron chi connectivity index (χ4n) is 2.56. The maximum absolute atomic E-state index is 11.5. The molecule has 0 saturated carbocycles. The predicted molar refractivity (Wildman–Crippen MR) is 101 cm³/mol. The average molecular weight is 377 g/mol. The molecule has 3 aromatic rings. The number of carbonyl (C=O) groups excluding carboxylic acids is 1. The van der Waals surface area contributed by atoms with Gasteiger partial charge in [-0.1, -0.05) is 32.4 Å². The summed E-state index contributed by atoms with van der Waals surface area (Å²) in [6, 6.07) is 4.98. The molecule has 26 heavy (non-hydrogen) atoms. The van der Waals surface area contributed by atoms with Crippen molar-refractivity contribution in [3.63, 3.8) is 0 Å². The van der Waals surface area contributed by atoms with Gasteiger partial charge < -0.3 is 20.4 Å². The number of anilines is 1. The van der Waals surface area contributed by atoms with E-state index in [1.807, 2.05) is 20.8 Å². The lowest BCUT2D eigenvalue weighted by Crippen LogP contribution is -2.24. The van der Waals surface area contributed by atoms with E-state index in [0.29, 0.717) is 27.9 Å². The molecule has 0 spiro atoms. The summed E-state index contributed by atoms with van der Waals surface area (Å²) in [5.74, 6) is 1.13. The number of amides is 2. The van der Waals surface area contributed by atoms with Crippen LogP contribution in [0.3, 0.4) is 0 Å². The molecule has 2 heterocycles. The zero-order chi connectivity index (χ0) is 19.1. The number of aromatic amines is 1. The van der Waals surface area contributed by atoms with Crippen molar-refractivity contribution >= 4 is 29.0 Å². The molecule has 2 amide bonds. The summed E-state index contributed by atoms with van der Waals surface area (Å²) in [7, 11) is 3.11. The summed E-state index contributed by atoms with van der Waals surface area (Å²) in [6.45, 7) is 6.13. The van der Waals surface area contributed by atoms with Crippen LogP contribution in [-0.4, -0.2) is 40.0 Å². The van der Waals surface area contributed by atoms with Crippen molar-refractivity contribution in [2.24, 2.45) is 0 Å². The van der Waals surface area contributed by atoms with Gasteiger partial charge in [0.15, 0.2) is 11.5 Å². The number of rotatable bonds is 3. The Morgan fingerprint density at radius 3 is 2.62 bits per heavy atom. The third-order valence-electron chi connectivity index (χ3n) is 3.89. The number of H-pyrrole nitrogens is 1. The van der Waals surface area contributed by atoms with Gasteiger partial charge >= 0.3 is 6.03 Å². The largest absolute Gasteiger partial charge is 0.496 e. The number of nitrogens with zero attached hydrogens (tertiary/aromatic N) is 3. The van der Waals surface area contributed by atoms with Crippen molar-refractivity contribution in [2.75, 3.05) is 19.5 Å². The van der Waals surface area contributed by atoms with E-state index in [2.05, 4.69) is 25.8 Å². The van der Waals surface area contributed by atoms with Crippen LogP contribution in [0, 0.1) is 0 Å². The summed E-state index contributed by atoms with van der Waals surface area (Å²) in [4.78, 5) is 14.7. The second-order valence-corrected chi connectivity index (χ2v) is 7.22. The zero-order valence-corrected chi connectivity index (χ0v) is 16.0. The smallest absolute Gasteiger partial charge is 0.318 e. The number of halogens is 1. The second kappa shape index (κ2) is 6.53. The maximum Gasteiger partial charge on any atom is 0.318 e. The first-order valence-corrected chi connectivity index (χ1v) is 8.44. The number of methoxy groups -OCH3 is 1. The molecule has 138 valence electrons. The summed E-state index contributed by atoms with van der Waals surface area (Å²) in [5, 5.41) is 14.7. The monoisotopic (exact) mass is 376 g/mol. The quantitative estimate of drug-likeness (QED) is 0.652. The van der Waals surface area contributed by atoms with Crippen LogP contribution in [-0.2, 0) is 5.41 Å². The Hall–Kier alpha value is -2.74. The third-order valence-corrected chi connectivity index (χ3v) is 4.25. The fourth-order valence-corrected chi connectivity index (χ4v) is 3.00. The molecule has 2 aromatic heterocycles. The van der Waals surface area contributed by atoms with Gasteiger partial charge in [0.25, 0.3) is 0 Å². The molecular weight excluding hydrogens is 356 g/mol. The summed E-state index contributed by atoms with van der Waals surface area (Å²) >= 11 is 6.47. The van der Waals surface area contributed by atoms with Gasteiger partial charge in [0, 0.05) is 24.2 Å². The van der Waals surface area contributed by atoms with Crippen molar-refractivity contribution in [1.29, 1.82) is 0 Å². The molecule has 9 heteroatoms. The van der Waals surface area contributed by atoms with Crippen LogP contribution >= 0.6 is 11.6 Å². The normalized spacial score (nSPS) is 11.6. The number of hydrogen-bond donors (Lipinski definition) is 3. The Bertz CT molecular complexity index is 970. The first-order chi connectivity index (χ1) is 12.2. The minimum absolute atomic E-state index is 0.184. The van der Waals surface area contributed by atoms with E-state index in [9.17, 15) is 4.79 Å². The maximum atomic E-state index is 11.5. The lowest BCUT2D eigenvalue weighted by Gasteiger charge is -2.14. The molecule has 0 atom stereocenters. The van der Waals surface area contributed by atoms with Crippen molar-refractivity contribution < 1.29 is 9.53 Å². The second-order valence-electron chi connectivity index (χ2n) is 6.84. The number of benzene rings is 1. The number of urea groups is 1. The Morgan fingerprint density at radius 1 is 1.31 bits per heavy atom. The summed E-state index contributed by atoms with van der Waals surface area (Å²) in [5.41, 5.74) is 2.56. The van der Waals surface area contributed by atoms with Gasteiger partial charge in [-0.25, -0.2) is 4.79 Å². The molecular formula is C17H21ClN6O2. The Morgan fingerprint density at radius 2 is 2.04 bits per heavy atom. The highest BCUT2D eigenvalue weighted by Gasteiger charge is 2.25. The highest BCUT2D eigenvalue weighted by Crippen LogP contribution is 2.34. The van der Waals surface area contributed by atoms with Crippen LogP contribution in [0.15, 0.2) is 18.2 Å². The standard InChI is InChI=1S/C17H21ClN6O2/c1-17(2,3)13-12(18)15-21-14(23-24(15)22-13)10-7-6-9(8-11(10)26-5)20-16(25)19-4/h6-8H,1-5H3,(H,21,23)(H2,19,20,25). The first kappa shape index (κ1) is 18.1. The van der Waals surface area contributed by atoms with E-state index in [-0.39, 0.29) is 11.4 Å². The van der Waals surface area contributed by atoms with E-state index >= 15 is 0 Å². The van der Waals surface area contributed by atoms with E-state index in [1.54, 1.807) is 32.4 Å². The van der Waals surface area contributed by atoms with Gasteiger partial charge in [-0.15, -0.1) is 9.73 Å². The van der Waals surface area contributed by atoms with Crippen molar-refractivity contribution in [1.82, 2.24) is 25.1 Å². The number of ether oxygens (including phenoxy) is 1. The number of hydrogen-bond acceptors (Lipinski definition) is 4. The molecule has 0 radical (unpaired) electrons. The summed E-state index contributed by atoms with van der Waals surface area (Å²) in [6.07, 6.45) is 0. The molecule has 0 aliphatic carbocycles. The van der Waals surface area contributed by atoms with Crippen LogP contribution in [0.1, 0.15) is 26.5 Å². The first-order valence-electron chi connectivity index (χ1n) is 8.06. The van der Waals surface area contributed by atoms with E-state index in [4.69, 9.17) is 16.3 Å². The van der Waals surface area contributed by atoms with E-state index in [1.165, 1.54) is 4.63 Å². The number of nitrogens with one attached hydrogen (secondary N) is 3. The third kappa shape index (κ3) is 3.20. The van der Waals surface area contributed by atoms with Gasteiger partial charge in [0.2, 0.25) is 0 Å². The molecule has 1 aromatic carbocycles. The lowest BCUT2D eigenvalue weighted by atomic mass is 9.92. The van der Waals surface area contributed by atoms with Crippen LogP contribution in [0.4, 0.5) is 10.5 Å². The minimum atomic E-state index is -0.308. The van der Waals surface area contributed by atoms with Crippen LogP contribution in [0.5, 0.6) is 5.75 Å². The Labute approximate surface area is 155 Å². The van der Waals surface area contributed by atoms with Crippen molar-refractivity contribution in [3.8, 4) is 17.1 Å². The van der Waals surface area contributed by atoms with Crippen LogP contribution in [0.25, 0.3) is 17.0 Å². The topological polar surface area (TPSA) is 96.3 Å². The Balaban J connectivity index is 2.02. The molecule has 0 aliphatic rings. The van der Waals surface area contributed by atoms with Gasteiger partial charge in [-0.05, 0) is 12.1 Å². The Kier molecular flexibility index (Phi) is 4.53. The fraction of sp³-hybridized carbons (Fsp3) is 0.353. The molecule has 0 unspecified atom stereocenters. The van der Waals surface area contributed by atoms with Crippen molar-refractivity contribution in [3.05, 3.63) is 28.9 Å². The zero-order valence-electron chi connectivity index (χ0n) is 15.3. The highest BCUT2D eigenvalue weighted by molar-refractivity contribution is 6.34. The summed E-state index contributed by atoms with van der Waals surface area (Å²) < 4.78 is 6.94. The average Bonchev–Trinajstić information content (AvgIpc) is 3.14.